The number of carbonyl (C=O) groups is 1. The number of carbonyl (C=O) groups excluding carboxylic acids is 1. The molecule has 0 radical (unpaired) electrons. The number of hydrogen-bond donors (Lipinski definition) is 0. The van der Waals surface area contributed by atoms with Crippen LogP contribution < -0.4 is 0 Å². The van der Waals surface area contributed by atoms with E-state index in [1.165, 1.54) is 0 Å². The van der Waals surface area contributed by atoms with Gasteiger partial charge in [0.15, 0.2) is 5.78 Å². The number of Topliss-reactive ketones (excluding diaryl/α,β-unsaturated/α-hetero) is 1. The van der Waals surface area contributed by atoms with Gasteiger partial charge in [0.25, 0.3) is 0 Å². The van der Waals surface area contributed by atoms with Gasteiger partial charge in [-0.15, -0.1) is 0 Å². The fraction of sp³-hybridized carbons (Fsp3) is 0.533. The molecule has 1 nitrogen and oxygen atoms in total. The lowest BCUT2D eigenvalue weighted by atomic mass is 9.67. The normalized spacial score (nSPS) is 24.9. The van der Waals surface area contributed by atoms with Gasteiger partial charge in [0.2, 0.25) is 0 Å². The van der Waals surface area contributed by atoms with Crippen molar-refractivity contribution in [2.45, 2.75) is 41.5 Å². The summed E-state index contributed by atoms with van der Waals surface area (Å²) in [4.78, 5) is 12.3. The summed E-state index contributed by atoms with van der Waals surface area (Å²) in [6, 6.07) is 0. The fourth-order valence-corrected chi connectivity index (χ4v) is 2.15. The first-order chi connectivity index (χ1) is 7.32. The molecule has 0 bridgehead atoms. The van der Waals surface area contributed by atoms with E-state index in [2.05, 4.69) is 32.9 Å². The van der Waals surface area contributed by atoms with Crippen molar-refractivity contribution in [2.24, 2.45) is 11.3 Å². The van der Waals surface area contributed by atoms with Crippen LogP contribution in [0, 0.1) is 11.3 Å². The molecule has 88 valence electrons. The van der Waals surface area contributed by atoms with Gasteiger partial charge in [0.05, 0.1) is 0 Å². The van der Waals surface area contributed by atoms with Gasteiger partial charge in [-0.3, -0.25) is 4.79 Å². The lowest BCUT2D eigenvalue weighted by Gasteiger charge is -2.36. The Balaban J connectivity index is 3.28. The predicted molar refractivity (Wildman–Crippen MR) is 69.2 cm³/mol. The zero-order chi connectivity index (χ0) is 12.5. The van der Waals surface area contributed by atoms with Crippen LogP contribution in [0.15, 0.2) is 34.9 Å². The van der Waals surface area contributed by atoms with E-state index >= 15 is 0 Å². The molecule has 1 aliphatic rings. The first-order valence-electron chi connectivity index (χ1n) is 5.89. The van der Waals surface area contributed by atoms with Crippen LogP contribution in [0.5, 0.6) is 0 Å². The molecule has 0 aromatic carbocycles. The molecular weight excluding hydrogens is 196 g/mol. The van der Waals surface area contributed by atoms with Crippen LogP contribution in [0.2, 0.25) is 0 Å². The van der Waals surface area contributed by atoms with E-state index in [1.54, 1.807) is 0 Å². The van der Waals surface area contributed by atoms with E-state index in [4.69, 9.17) is 0 Å². The highest BCUT2D eigenvalue weighted by Gasteiger charge is 2.36. The van der Waals surface area contributed by atoms with Crippen molar-refractivity contribution >= 4 is 5.78 Å². The largest absolute Gasteiger partial charge is 0.289 e. The van der Waals surface area contributed by atoms with E-state index in [0.717, 1.165) is 16.7 Å². The third-order valence-electron chi connectivity index (χ3n) is 3.83. The highest BCUT2D eigenvalue weighted by molar-refractivity contribution is 6.09. The van der Waals surface area contributed by atoms with Crippen molar-refractivity contribution in [3.63, 3.8) is 0 Å². The molecule has 1 rings (SSSR count). The average molecular weight is 218 g/mol. The Morgan fingerprint density at radius 3 is 2.50 bits per heavy atom. The van der Waals surface area contributed by atoms with Gasteiger partial charge in [-0.2, -0.15) is 0 Å². The first kappa shape index (κ1) is 13.0. The quantitative estimate of drug-likeness (QED) is 0.638. The van der Waals surface area contributed by atoms with Crippen molar-refractivity contribution in [1.82, 2.24) is 0 Å². The van der Waals surface area contributed by atoms with Crippen molar-refractivity contribution in [2.75, 3.05) is 0 Å². The molecule has 1 heteroatoms. The van der Waals surface area contributed by atoms with Crippen LogP contribution in [0.1, 0.15) is 41.5 Å². The van der Waals surface area contributed by atoms with E-state index in [0.29, 0.717) is 5.92 Å². The molecule has 0 fully saturated rings. The minimum atomic E-state index is -0.0693. The number of hydrogen-bond acceptors (Lipinski definition) is 1. The lowest BCUT2D eigenvalue weighted by molar-refractivity contribution is -0.113. The van der Waals surface area contributed by atoms with Gasteiger partial charge < -0.3 is 0 Å². The van der Waals surface area contributed by atoms with Gasteiger partial charge in [-0.25, -0.2) is 0 Å². The molecule has 0 aliphatic heterocycles. The summed E-state index contributed by atoms with van der Waals surface area (Å²) in [6.07, 6.45) is 6.16. The van der Waals surface area contributed by atoms with Gasteiger partial charge >= 0.3 is 0 Å². The van der Waals surface area contributed by atoms with Gasteiger partial charge in [0, 0.05) is 5.57 Å². The fourth-order valence-electron chi connectivity index (χ4n) is 2.15. The number of rotatable bonds is 2. The molecule has 0 aromatic rings. The second-order valence-corrected chi connectivity index (χ2v) is 5.23. The number of allylic oxidation sites excluding steroid dienone is 6. The smallest absolute Gasteiger partial charge is 0.185 e. The second-order valence-electron chi connectivity index (χ2n) is 5.23. The summed E-state index contributed by atoms with van der Waals surface area (Å²) in [5.74, 6) is 0.598. The lowest BCUT2D eigenvalue weighted by Crippen LogP contribution is -2.31. The molecule has 0 spiro atoms. The Hall–Kier alpha value is -1.11. The molecular formula is C15H22O. The monoisotopic (exact) mass is 218 g/mol. The summed E-state index contributed by atoms with van der Waals surface area (Å²) in [5, 5.41) is 0. The zero-order valence-electron chi connectivity index (χ0n) is 11.2. The Kier molecular flexibility index (Phi) is 3.57. The zero-order valence-corrected chi connectivity index (χ0v) is 11.2. The molecule has 0 saturated heterocycles. The van der Waals surface area contributed by atoms with Crippen molar-refractivity contribution in [3.05, 3.63) is 34.9 Å². The minimum Gasteiger partial charge on any atom is -0.289 e. The van der Waals surface area contributed by atoms with E-state index < -0.39 is 0 Å². The Labute approximate surface area is 98.9 Å². The molecule has 1 atom stereocenters. The SMILES string of the molecule is CC=C(C)C(=O)C1=C(C)C=CC(C)C1(C)C. The Morgan fingerprint density at radius 2 is 2.00 bits per heavy atom. The predicted octanol–water partition coefficient (Wildman–Crippen LogP) is 4.07. The summed E-state index contributed by atoms with van der Waals surface area (Å²) >= 11 is 0. The average Bonchev–Trinajstić information content (AvgIpc) is 2.22. The first-order valence-corrected chi connectivity index (χ1v) is 5.89. The summed E-state index contributed by atoms with van der Waals surface area (Å²) in [5.41, 5.74) is 2.84. The van der Waals surface area contributed by atoms with Crippen LogP contribution in [-0.2, 0) is 4.79 Å². The van der Waals surface area contributed by atoms with E-state index in [-0.39, 0.29) is 11.2 Å². The molecule has 0 saturated carbocycles. The topological polar surface area (TPSA) is 17.1 Å². The maximum atomic E-state index is 12.3. The number of ketones is 1. The van der Waals surface area contributed by atoms with Crippen molar-refractivity contribution in [1.29, 1.82) is 0 Å². The van der Waals surface area contributed by atoms with Gasteiger partial charge in [-0.1, -0.05) is 39.0 Å². The maximum absolute atomic E-state index is 12.3. The van der Waals surface area contributed by atoms with Crippen LogP contribution in [0.3, 0.4) is 0 Å². The molecule has 16 heavy (non-hydrogen) atoms. The molecule has 0 N–H and O–H groups in total. The maximum Gasteiger partial charge on any atom is 0.185 e. The van der Waals surface area contributed by atoms with Crippen LogP contribution >= 0.6 is 0 Å². The molecule has 1 unspecified atom stereocenters. The Morgan fingerprint density at radius 1 is 1.44 bits per heavy atom. The van der Waals surface area contributed by atoms with E-state index in [1.807, 2.05) is 26.8 Å². The standard InChI is InChI=1S/C15H22O/c1-7-10(2)14(16)13-11(3)8-9-12(4)15(13,5)6/h7-9,12H,1-6H3. The summed E-state index contributed by atoms with van der Waals surface area (Å²) in [7, 11) is 0. The van der Waals surface area contributed by atoms with Crippen LogP contribution in [0.4, 0.5) is 0 Å². The second kappa shape index (κ2) is 4.40. The van der Waals surface area contributed by atoms with Gasteiger partial charge in [-0.05, 0) is 43.3 Å². The van der Waals surface area contributed by atoms with Crippen LogP contribution in [0.25, 0.3) is 0 Å². The highest BCUT2D eigenvalue weighted by atomic mass is 16.1. The van der Waals surface area contributed by atoms with Gasteiger partial charge in [0.1, 0.15) is 0 Å². The van der Waals surface area contributed by atoms with Crippen molar-refractivity contribution in [3.8, 4) is 0 Å². The Bertz CT molecular complexity index is 392. The third-order valence-corrected chi connectivity index (χ3v) is 3.83. The molecule has 0 aromatic heterocycles. The third kappa shape index (κ3) is 2.04. The molecule has 0 heterocycles. The molecule has 1 aliphatic carbocycles. The van der Waals surface area contributed by atoms with Crippen molar-refractivity contribution < 1.29 is 4.79 Å². The summed E-state index contributed by atoms with van der Waals surface area (Å²) in [6.45, 7) is 12.3. The van der Waals surface area contributed by atoms with Crippen LogP contribution in [-0.4, -0.2) is 5.78 Å². The highest BCUT2D eigenvalue weighted by Crippen LogP contribution is 2.42. The minimum absolute atomic E-state index is 0.0693. The molecule has 0 amide bonds. The van der Waals surface area contributed by atoms with E-state index in [9.17, 15) is 4.79 Å². The summed E-state index contributed by atoms with van der Waals surface area (Å²) < 4.78 is 0.